The van der Waals surface area contributed by atoms with E-state index in [1.807, 2.05) is 0 Å². The zero-order chi connectivity index (χ0) is 20.8. The van der Waals surface area contributed by atoms with Crippen LogP contribution in [-0.4, -0.2) is 0 Å². The molecule has 6 rings (SSSR count). The largest absolute Gasteiger partial charge is 0.0622 e. The van der Waals surface area contributed by atoms with Crippen molar-refractivity contribution in [3.63, 3.8) is 0 Å². The Morgan fingerprint density at radius 3 is 1.45 bits per heavy atom. The summed E-state index contributed by atoms with van der Waals surface area (Å²) in [6.07, 6.45) is 0. The van der Waals surface area contributed by atoms with Crippen LogP contribution in [0, 0.1) is 6.92 Å². The van der Waals surface area contributed by atoms with Gasteiger partial charge in [0.25, 0.3) is 0 Å². The number of benzene rings is 6. The van der Waals surface area contributed by atoms with Crippen molar-refractivity contribution < 1.29 is 0 Å². The van der Waals surface area contributed by atoms with Crippen molar-refractivity contribution >= 4 is 32.3 Å². The lowest BCUT2D eigenvalue weighted by molar-refractivity contribution is 1.49. The second-order valence-electron chi connectivity index (χ2n) is 8.19. The molecule has 0 aromatic heterocycles. The molecule has 0 spiro atoms. The first kappa shape index (κ1) is 17.9. The van der Waals surface area contributed by atoms with E-state index in [1.165, 1.54) is 60.1 Å². The van der Waals surface area contributed by atoms with E-state index in [4.69, 9.17) is 0 Å². The van der Waals surface area contributed by atoms with Gasteiger partial charge in [0.2, 0.25) is 0 Å². The molecule has 0 aliphatic carbocycles. The van der Waals surface area contributed by atoms with Crippen molar-refractivity contribution in [1.29, 1.82) is 0 Å². The van der Waals surface area contributed by atoms with Gasteiger partial charge >= 0.3 is 0 Å². The SMILES string of the molecule is Cc1cc(-c2ccccc2)c2c3ccccc3c3ccccc3c2c1-c1ccccc1. The summed E-state index contributed by atoms with van der Waals surface area (Å²) in [5, 5.41) is 7.94. The molecule has 0 N–H and O–H groups in total. The Kier molecular flexibility index (Phi) is 4.11. The van der Waals surface area contributed by atoms with Gasteiger partial charge in [0, 0.05) is 0 Å². The number of hydrogen-bond acceptors (Lipinski definition) is 0. The molecule has 0 amide bonds. The monoisotopic (exact) mass is 394 g/mol. The predicted octanol–water partition coefficient (Wildman–Crippen LogP) is 8.79. The van der Waals surface area contributed by atoms with E-state index < -0.39 is 0 Å². The zero-order valence-corrected chi connectivity index (χ0v) is 17.5. The highest BCUT2D eigenvalue weighted by atomic mass is 14.2. The molecule has 0 bridgehead atoms. The standard InChI is InChI=1S/C31H22/c1-21-20-28(22-12-4-2-5-13-22)30-26-18-10-8-16-24(26)25-17-9-11-19-27(25)31(30)29(21)23-14-6-3-7-15-23/h2-20H,1H3. The molecule has 0 atom stereocenters. The van der Waals surface area contributed by atoms with E-state index in [0.717, 1.165) is 0 Å². The quantitative estimate of drug-likeness (QED) is 0.257. The Balaban J connectivity index is 1.95. The van der Waals surface area contributed by atoms with Crippen molar-refractivity contribution in [2.75, 3.05) is 0 Å². The summed E-state index contributed by atoms with van der Waals surface area (Å²) < 4.78 is 0. The zero-order valence-electron chi connectivity index (χ0n) is 17.5. The summed E-state index contributed by atoms with van der Waals surface area (Å²) in [5.74, 6) is 0. The van der Waals surface area contributed by atoms with Gasteiger partial charge in [0.15, 0.2) is 0 Å². The fraction of sp³-hybridized carbons (Fsp3) is 0.0323. The third-order valence-corrected chi connectivity index (χ3v) is 6.35. The molecule has 0 fully saturated rings. The molecular formula is C31H22. The Morgan fingerprint density at radius 1 is 0.419 bits per heavy atom. The van der Waals surface area contributed by atoms with Crippen molar-refractivity contribution in [3.8, 4) is 22.3 Å². The fourth-order valence-corrected chi connectivity index (χ4v) is 5.06. The molecule has 0 aliphatic rings. The normalized spacial score (nSPS) is 11.4. The maximum absolute atomic E-state index is 2.38. The third kappa shape index (κ3) is 2.76. The first-order chi connectivity index (χ1) is 15.3. The number of aryl methyl sites for hydroxylation is 1. The van der Waals surface area contributed by atoms with E-state index in [2.05, 4.69) is 122 Å². The van der Waals surface area contributed by atoms with E-state index >= 15 is 0 Å². The van der Waals surface area contributed by atoms with E-state index in [9.17, 15) is 0 Å². The molecule has 0 saturated carbocycles. The van der Waals surface area contributed by atoms with Gasteiger partial charge in [-0.25, -0.2) is 0 Å². The molecule has 0 aliphatic heterocycles. The first-order valence-corrected chi connectivity index (χ1v) is 10.8. The lowest BCUT2D eigenvalue weighted by atomic mass is 9.83. The molecule has 0 radical (unpaired) electrons. The van der Waals surface area contributed by atoms with E-state index in [-0.39, 0.29) is 0 Å². The van der Waals surface area contributed by atoms with Gasteiger partial charge < -0.3 is 0 Å². The molecule has 0 heterocycles. The Labute approximate surface area is 182 Å². The minimum atomic E-state index is 1.26. The fourth-order valence-electron chi connectivity index (χ4n) is 5.06. The highest BCUT2D eigenvalue weighted by Crippen LogP contribution is 2.45. The van der Waals surface area contributed by atoms with Crippen LogP contribution in [0.25, 0.3) is 54.6 Å². The molecule has 0 heteroatoms. The Morgan fingerprint density at radius 2 is 0.871 bits per heavy atom. The van der Waals surface area contributed by atoms with Crippen molar-refractivity contribution in [1.82, 2.24) is 0 Å². The van der Waals surface area contributed by atoms with Crippen LogP contribution in [0.2, 0.25) is 0 Å². The van der Waals surface area contributed by atoms with Crippen LogP contribution in [-0.2, 0) is 0 Å². The molecule has 0 nitrogen and oxygen atoms in total. The van der Waals surface area contributed by atoms with Crippen LogP contribution in [0.15, 0.2) is 115 Å². The molecule has 31 heavy (non-hydrogen) atoms. The molecule has 6 aromatic carbocycles. The lowest BCUT2D eigenvalue weighted by Crippen LogP contribution is -1.93. The van der Waals surface area contributed by atoms with Gasteiger partial charge in [-0.3, -0.25) is 0 Å². The van der Waals surface area contributed by atoms with Gasteiger partial charge in [-0.05, 0) is 67.1 Å². The predicted molar refractivity (Wildman–Crippen MR) is 135 cm³/mol. The Bertz CT molecular complexity index is 1560. The summed E-state index contributed by atoms with van der Waals surface area (Å²) >= 11 is 0. The smallest absolute Gasteiger partial charge is 0.00114 e. The minimum Gasteiger partial charge on any atom is -0.0622 e. The van der Waals surface area contributed by atoms with Crippen molar-refractivity contribution in [3.05, 3.63) is 121 Å². The lowest BCUT2D eigenvalue weighted by Gasteiger charge is -2.20. The van der Waals surface area contributed by atoms with Crippen LogP contribution in [0.1, 0.15) is 5.56 Å². The molecule has 146 valence electrons. The average molecular weight is 395 g/mol. The van der Waals surface area contributed by atoms with Gasteiger partial charge in [-0.2, -0.15) is 0 Å². The van der Waals surface area contributed by atoms with Crippen LogP contribution < -0.4 is 0 Å². The van der Waals surface area contributed by atoms with Gasteiger partial charge in [0.1, 0.15) is 0 Å². The van der Waals surface area contributed by atoms with Crippen LogP contribution in [0.3, 0.4) is 0 Å². The molecule has 0 unspecified atom stereocenters. The van der Waals surface area contributed by atoms with E-state index in [0.29, 0.717) is 0 Å². The third-order valence-electron chi connectivity index (χ3n) is 6.35. The summed E-state index contributed by atoms with van der Waals surface area (Å²) in [4.78, 5) is 0. The molecular weight excluding hydrogens is 372 g/mol. The summed E-state index contributed by atoms with van der Waals surface area (Å²) in [6.45, 7) is 2.25. The maximum atomic E-state index is 2.38. The number of rotatable bonds is 2. The highest BCUT2D eigenvalue weighted by Gasteiger charge is 2.18. The van der Waals surface area contributed by atoms with Gasteiger partial charge in [-0.15, -0.1) is 0 Å². The van der Waals surface area contributed by atoms with Gasteiger partial charge in [0.05, 0.1) is 0 Å². The van der Waals surface area contributed by atoms with Crippen LogP contribution in [0.4, 0.5) is 0 Å². The summed E-state index contributed by atoms with van der Waals surface area (Å²) in [5.41, 5.74) is 6.46. The minimum absolute atomic E-state index is 1.26. The summed E-state index contributed by atoms with van der Waals surface area (Å²) in [6, 6.07) is 41.7. The second-order valence-corrected chi connectivity index (χ2v) is 8.19. The highest BCUT2D eigenvalue weighted by molar-refractivity contribution is 6.31. The number of fused-ring (bicyclic) bond motifs is 6. The first-order valence-electron chi connectivity index (χ1n) is 10.8. The van der Waals surface area contributed by atoms with E-state index in [1.54, 1.807) is 0 Å². The molecule has 6 aromatic rings. The van der Waals surface area contributed by atoms with Gasteiger partial charge in [-0.1, -0.05) is 115 Å². The summed E-state index contributed by atoms with van der Waals surface area (Å²) in [7, 11) is 0. The second kappa shape index (κ2) is 7.11. The van der Waals surface area contributed by atoms with Crippen LogP contribution >= 0.6 is 0 Å². The Hall–Kier alpha value is -3.90. The maximum Gasteiger partial charge on any atom is -0.00114 e. The van der Waals surface area contributed by atoms with Crippen molar-refractivity contribution in [2.45, 2.75) is 6.92 Å². The topological polar surface area (TPSA) is 0 Å². The van der Waals surface area contributed by atoms with Crippen molar-refractivity contribution in [2.24, 2.45) is 0 Å². The molecule has 0 saturated heterocycles. The van der Waals surface area contributed by atoms with Crippen LogP contribution in [0.5, 0.6) is 0 Å². The average Bonchev–Trinajstić information content (AvgIpc) is 2.84. The number of hydrogen-bond donors (Lipinski definition) is 0.